The molecule has 3 rings (SSSR count). The molecule has 2 heterocycles. The van der Waals surface area contributed by atoms with E-state index < -0.39 is 0 Å². The predicted molar refractivity (Wildman–Crippen MR) is 87.6 cm³/mol. The molecule has 114 valence electrons. The first kappa shape index (κ1) is 14.8. The first-order valence-electron chi connectivity index (χ1n) is 7.53. The van der Waals surface area contributed by atoms with Crippen LogP contribution >= 0.6 is 15.9 Å². The molecule has 2 fully saturated rings. The Morgan fingerprint density at radius 2 is 2.29 bits per heavy atom. The zero-order chi connectivity index (χ0) is 14.8. The van der Waals surface area contributed by atoms with Gasteiger partial charge in [0.25, 0.3) is 5.56 Å². The van der Waals surface area contributed by atoms with Crippen molar-refractivity contribution in [1.82, 2.24) is 14.7 Å². The quantitative estimate of drug-likeness (QED) is 0.796. The summed E-state index contributed by atoms with van der Waals surface area (Å²) in [6.45, 7) is 7.35. The van der Waals surface area contributed by atoms with Crippen LogP contribution in [0.3, 0.4) is 0 Å². The minimum atomic E-state index is -0.120. The van der Waals surface area contributed by atoms with Crippen molar-refractivity contribution in [3.05, 3.63) is 33.7 Å². The Balaban J connectivity index is 1.59. The van der Waals surface area contributed by atoms with E-state index in [4.69, 9.17) is 0 Å². The van der Waals surface area contributed by atoms with Crippen LogP contribution in [0.2, 0.25) is 0 Å². The fraction of sp³-hybridized carbons (Fsp3) is 0.600. The number of nitrogens with zero attached hydrogens (tertiary/aromatic N) is 3. The van der Waals surface area contributed by atoms with Crippen LogP contribution in [0, 0.1) is 5.92 Å². The molecule has 6 heteroatoms. The number of allylic oxidation sites excluding steroid dienone is 1. The Morgan fingerprint density at radius 3 is 3.00 bits per heavy atom. The molecule has 5 nitrogen and oxygen atoms in total. The first-order valence-corrected chi connectivity index (χ1v) is 8.32. The van der Waals surface area contributed by atoms with Crippen LogP contribution in [0.1, 0.15) is 19.3 Å². The Hall–Kier alpha value is -1.14. The summed E-state index contributed by atoms with van der Waals surface area (Å²) in [6.07, 6.45) is 7.36. The van der Waals surface area contributed by atoms with E-state index in [1.807, 2.05) is 0 Å². The molecule has 1 aliphatic heterocycles. The second kappa shape index (κ2) is 6.32. The van der Waals surface area contributed by atoms with E-state index in [1.165, 1.54) is 37.0 Å². The smallest absolute Gasteiger partial charge is 0.283 e. The Kier molecular flexibility index (Phi) is 4.45. The molecule has 0 bridgehead atoms. The molecule has 0 radical (unpaired) electrons. The van der Waals surface area contributed by atoms with Crippen LogP contribution in [-0.4, -0.2) is 40.4 Å². The second-order valence-corrected chi connectivity index (χ2v) is 6.70. The lowest BCUT2D eigenvalue weighted by Crippen LogP contribution is -2.26. The average Bonchev–Trinajstić information content (AvgIpc) is 3.23. The second-order valence-electron chi connectivity index (χ2n) is 5.91. The summed E-state index contributed by atoms with van der Waals surface area (Å²) in [7, 11) is 0. The normalized spacial score (nSPS) is 22.4. The predicted octanol–water partition coefficient (Wildman–Crippen LogP) is 2.09. The van der Waals surface area contributed by atoms with Crippen molar-refractivity contribution in [3.63, 3.8) is 0 Å². The van der Waals surface area contributed by atoms with Crippen molar-refractivity contribution in [1.29, 1.82) is 0 Å². The van der Waals surface area contributed by atoms with Crippen LogP contribution in [0.5, 0.6) is 0 Å². The molecular formula is C15H21BrN4O. The van der Waals surface area contributed by atoms with Gasteiger partial charge in [0.1, 0.15) is 4.47 Å². The van der Waals surface area contributed by atoms with E-state index in [-0.39, 0.29) is 5.56 Å². The number of rotatable bonds is 6. The van der Waals surface area contributed by atoms with E-state index in [0.717, 1.165) is 18.3 Å². The number of likely N-dealkylation sites (tertiary alicyclic amines) is 1. The lowest BCUT2D eigenvalue weighted by molar-refractivity contribution is 0.316. The molecule has 1 unspecified atom stereocenters. The minimum absolute atomic E-state index is 0.120. The zero-order valence-corrected chi connectivity index (χ0v) is 13.7. The van der Waals surface area contributed by atoms with Crippen LogP contribution in [0.25, 0.3) is 0 Å². The number of nitrogens with one attached hydrogen (secondary N) is 1. The molecule has 1 N–H and O–H groups in total. The summed E-state index contributed by atoms with van der Waals surface area (Å²) < 4.78 is 1.95. The molecule has 21 heavy (non-hydrogen) atoms. The van der Waals surface area contributed by atoms with Crippen molar-refractivity contribution in [2.75, 3.05) is 25.0 Å². The van der Waals surface area contributed by atoms with Gasteiger partial charge in [-0.15, -0.1) is 6.58 Å². The standard InChI is InChI=1S/C15H21BrN4O/c1-2-6-20-15(21)14(16)13(9-18-20)17-8-11-5-7-19(10-11)12-3-4-12/h2,9,11-12,17H,1,3-8,10H2. The summed E-state index contributed by atoms with van der Waals surface area (Å²) in [4.78, 5) is 14.7. The Labute approximate surface area is 133 Å². The van der Waals surface area contributed by atoms with Crippen molar-refractivity contribution >= 4 is 21.6 Å². The van der Waals surface area contributed by atoms with E-state index in [9.17, 15) is 4.79 Å². The monoisotopic (exact) mass is 352 g/mol. The summed E-state index contributed by atoms with van der Waals surface area (Å²) >= 11 is 3.38. The topological polar surface area (TPSA) is 50.2 Å². The van der Waals surface area contributed by atoms with Gasteiger partial charge in [-0.05, 0) is 47.7 Å². The van der Waals surface area contributed by atoms with Gasteiger partial charge in [-0.2, -0.15) is 5.10 Å². The van der Waals surface area contributed by atoms with Crippen molar-refractivity contribution in [2.45, 2.75) is 31.8 Å². The van der Waals surface area contributed by atoms with Gasteiger partial charge >= 0.3 is 0 Å². The maximum absolute atomic E-state index is 12.1. The van der Waals surface area contributed by atoms with Gasteiger partial charge in [-0.25, -0.2) is 4.68 Å². The van der Waals surface area contributed by atoms with Gasteiger partial charge < -0.3 is 10.2 Å². The summed E-state index contributed by atoms with van der Waals surface area (Å²) in [6, 6.07) is 0.853. The van der Waals surface area contributed by atoms with Crippen molar-refractivity contribution in [2.24, 2.45) is 5.92 Å². The van der Waals surface area contributed by atoms with Gasteiger partial charge in [-0.3, -0.25) is 4.79 Å². The van der Waals surface area contributed by atoms with Gasteiger partial charge in [0.05, 0.1) is 18.4 Å². The van der Waals surface area contributed by atoms with Gasteiger partial charge in [0.15, 0.2) is 0 Å². The lowest BCUT2D eigenvalue weighted by Gasteiger charge is -2.16. The number of hydrogen-bond acceptors (Lipinski definition) is 4. The maximum atomic E-state index is 12.1. The molecule has 1 aromatic heterocycles. The van der Waals surface area contributed by atoms with Crippen LogP contribution in [0.15, 0.2) is 28.1 Å². The van der Waals surface area contributed by atoms with Crippen molar-refractivity contribution in [3.8, 4) is 0 Å². The van der Waals surface area contributed by atoms with Crippen LogP contribution in [-0.2, 0) is 6.54 Å². The minimum Gasteiger partial charge on any atom is -0.382 e. The first-order chi connectivity index (χ1) is 10.2. The molecule has 1 aromatic rings. The van der Waals surface area contributed by atoms with E-state index in [1.54, 1.807) is 12.3 Å². The van der Waals surface area contributed by atoms with E-state index in [0.29, 0.717) is 16.9 Å². The number of anilines is 1. The fourth-order valence-corrected chi connectivity index (χ4v) is 3.34. The third-order valence-corrected chi connectivity index (χ3v) is 5.02. The number of hydrogen-bond donors (Lipinski definition) is 1. The zero-order valence-electron chi connectivity index (χ0n) is 12.1. The molecular weight excluding hydrogens is 332 g/mol. The molecule has 0 aromatic carbocycles. The third-order valence-electron chi connectivity index (χ3n) is 4.25. The maximum Gasteiger partial charge on any atom is 0.283 e. The highest BCUT2D eigenvalue weighted by Gasteiger charge is 2.34. The molecule has 0 amide bonds. The third kappa shape index (κ3) is 3.37. The highest BCUT2D eigenvalue weighted by Crippen LogP contribution is 2.31. The SMILES string of the molecule is C=CCn1ncc(NCC2CCN(C3CC3)C2)c(Br)c1=O. The molecule has 1 atom stereocenters. The van der Waals surface area contributed by atoms with Gasteiger partial charge in [-0.1, -0.05) is 6.08 Å². The highest BCUT2D eigenvalue weighted by atomic mass is 79.9. The van der Waals surface area contributed by atoms with E-state index in [2.05, 4.69) is 37.8 Å². The van der Waals surface area contributed by atoms with Gasteiger partial charge in [0.2, 0.25) is 0 Å². The van der Waals surface area contributed by atoms with Crippen LogP contribution in [0.4, 0.5) is 5.69 Å². The van der Waals surface area contributed by atoms with Crippen molar-refractivity contribution < 1.29 is 0 Å². The lowest BCUT2D eigenvalue weighted by atomic mass is 10.1. The summed E-state index contributed by atoms with van der Waals surface area (Å²) in [5.74, 6) is 0.660. The molecule has 1 saturated heterocycles. The Morgan fingerprint density at radius 1 is 1.48 bits per heavy atom. The van der Waals surface area contributed by atoms with Crippen LogP contribution < -0.4 is 10.9 Å². The average molecular weight is 353 g/mol. The summed E-state index contributed by atoms with van der Waals surface area (Å²) in [5, 5.41) is 7.53. The molecule has 1 aliphatic carbocycles. The number of halogens is 1. The summed E-state index contributed by atoms with van der Waals surface area (Å²) in [5.41, 5.74) is 0.663. The number of aromatic nitrogens is 2. The fourth-order valence-electron chi connectivity index (χ4n) is 2.90. The van der Waals surface area contributed by atoms with E-state index >= 15 is 0 Å². The largest absolute Gasteiger partial charge is 0.382 e. The molecule has 1 saturated carbocycles. The molecule has 2 aliphatic rings. The Bertz CT molecular complexity index is 582. The van der Waals surface area contributed by atoms with Gasteiger partial charge in [0, 0.05) is 19.1 Å². The highest BCUT2D eigenvalue weighted by molar-refractivity contribution is 9.10. The molecule has 0 spiro atoms.